The fourth-order valence-corrected chi connectivity index (χ4v) is 2.95. The van der Waals surface area contributed by atoms with Crippen LogP contribution in [-0.4, -0.2) is 35.1 Å². The Balaban J connectivity index is 0.00000242. The molecular weight excluding hydrogens is 324 g/mol. The van der Waals surface area contributed by atoms with Gasteiger partial charge in [-0.25, -0.2) is 4.98 Å². The van der Waals surface area contributed by atoms with Gasteiger partial charge in [0.05, 0.1) is 11.7 Å². The van der Waals surface area contributed by atoms with Crippen molar-refractivity contribution in [2.75, 3.05) is 13.6 Å². The lowest BCUT2D eigenvalue weighted by Crippen LogP contribution is -2.39. The smallest absolute Gasteiger partial charge is 0.262 e. The number of aromatic nitrogens is 2. The van der Waals surface area contributed by atoms with Crippen LogP contribution < -0.4 is 16.2 Å². The molecule has 2 rings (SSSR count). The zero-order valence-corrected chi connectivity index (χ0v) is 14.7. The fraction of sp³-hybridized carbons (Fsp3) is 0.500. The summed E-state index contributed by atoms with van der Waals surface area (Å²) in [7, 11) is 1.83. The van der Waals surface area contributed by atoms with Gasteiger partial charge < -0.3 is 10.6 Å². The largest absolute Gasteiger partial charge is 0.353 e. The minimum absolute atomic E-state index is 0. The Labute approximate surface area is 139 Å². The summed E-state index contributed by atoms with van der Waals surface area (Å²) in [6.45, 7) is 6.37. The topological polar surface area (TPSA) is 76.0 Å². The van der Waals surface area contributed by atoms with Gasteiger partial charge in [-0.05, 0) is 33.4 Å². The minimum Gasteiger partial charge on any atom is -0.353 e. The number of thiophene rings is 1. The van der Waals surface area contributed by atoms with Crippen LogP contribution in [0.15, 0.2) is 11.1 Å². The molecule has 0 aliphatic heterocycles. The second-order valence-electron chi connectivity index (χ2n) is 5.13. The molecule has 2 aromatic rings. The molecule has 0 saturated carbocycles. The van der Waals surface area contributed by atoms with Crippen LogP contribution >= 0.6 is 23.7 Å². The molecule has 22 heavy (non-hydrogen) atoms. The molecule has 0 fully saturated rings. The Morgan fingerprint density at radius 1 is 1.45 bits per heavy atom. The molecule has 6 nitrogen and oxygen atoms in total. The molecule has 0 spiro atoms. The maximum atomic E-state index is 12.4. The maximum absolute atomic E-state index is 12.4. The minimum atomic E-state index is -0.190. The van der Waals surface area contributed by atoms with Crippen molar-refractivity contribution in [3.05, 3.63) is 27.1 Å². The van der Waals surface area contributed by atoms with Crippen molar-refractivity contribution in [3.63, 3.8) is 0 Å². The standard InChI is InChI=1S/C14H20N4O2S.ClH/c1-8(15-4)5-16-11(19)6-18-7-17-13-12(14(18)20)9(2)10(3)21-13;/h7-8,15H,5-6H2,1-4H3,(H,16,19);1H. The van der Waals surface area contributed by atoms with Crippen LogP contribution in [0.2, 0.25) is 0 Å². The van der Waals surface area contributed by atoms with Gasteiger partial charge >= 0.3 is 0 Å². The highest BCUT2D eigenvalue weighted by molar-refractivity contribution is 7.18. The molecule has 0 saturated heterocycles. The second kappa shape index (κ2) is 7.71. The number of carbonyl (C=O) groups excluding carboxylic acids is 1. The quantitative estimate of drug-likeness (QED) is 0.855. The normalized spacial score (nSPS) is 12.0. The first-order chi connectivity index (χ1) is 9.93. The lowest BCUT2D eigenvalue weighted by molar-refractivity contribution is -0.121. The van der Waals surface area contributed by atoms with Gasteiger partial charge in [-0.3, -0.25) is 14.2 Å². The number of carbonyl (C=O) groups is 1. The predicted octanol–water partition coefficient (Wildman–Crippen LogP) is 1.22. The maximum Gasteiger partial charge on any atom is 0.262 e. The predicted molar refractivity (Wildman–Crippen MR) is 92.1 cm³/mol. The molecule has 0 aliphatic carbocycles. The Bertz CT molecular complexity index is 725. The Morgan fingerprint density at radius 3 is 2.77 bits per heavy atom. The number of amides is 1. The molecule has 0 radical (unpaired) electrons. The van der Waals surface area contributed by atoms with E-state index in [-0.39, 0.29) is 36.5 Å². The number of likely N-dealkylation sites (N-methyl/N-ethyl adjacent to an activating group) is 1. The highest BCUT2D eigenvalue weighted by atomic mass is 35.5. The average Bonchev–Trinajstić information content (AvgIpc) is 2.75. The van der Waals surface area contributed by atoms with Crippen LogP contribution in [0.1, 0.15) is 17.4 Å². The van der Waals surface area contributed by atoms with E-state index in [1.807, 2.05) is 27.8 Å². The number of hydrogen-bond acceptors (Lipinski definition) is 5. The summed E-state index contributed by atoms with van der Waals surface area (Å²) in [6.07, 6.45) is 1.45. The van der Waals surface area contributed by atoms with Crippen LogP contribution in [0.5, 0.6) is 0 Å². The van der Waals surface area contributed by atoms with E-state index < -0.39 is 0 Å². The van der Waals surface area contributed by atoms with Gasteiger partial charge in [-0.15, -0.1) is 23.7 Å². The van der Waals surface area contributed by atoms with E-state index in [9.17, 15) is 9.59 Å². The van der Waals surface area contributed by atoms with Crippen molar-refractivity contribution < 1.29 is 4.79 Å². The summed E-state index contributed by atoms with van der Waals surface area (Å²) in [5.74, 6) is -0.190. The van der Waals surface area contributed by atoms with Gasteiger partial charge in [0, 0.05) is 17.5 Å². The first-order valence-electron chi connectivity index (χ1n) is 6.83. The number of hydrogen-bond donors (Lipinski definition) is 2. The SMILES string of the molecule is CNC(C)CNC(=O)Cn1cnc2sc(C)c(C)c2c1=O.Cl. The molecule has 2 heterocycles. The van der Waals surface area contributed by atoms with Gasteiger partial charge in [0.25, 0.3) is 5.56 Å². The molecule has 1 atom stereocenters. The van der Waals surface area contributed by atoms with E-state index in [4.69, 9.17) is 0 Å². The number of fused-ring (bicyclic) bond motifs is 1. The highest BCUT2D eigenvalue weighted by Gasteiger charge is 2.13. The monoisotopic (exact) mass is 344 g/mol. The molecule has 2 aromatic heterocycles. The number of rotatable bonds is 5. The Kier molecular flexibility index (Phi) is 6.52. The van der Waals surface area contributed by atoms with E-state index in [0.717, 1.165) is 15.3 Å². The highest BCUT2D eigenvalue weighted by Crippen LogP contribution is 2.25. The van der Waals surface area contributed by atoms with Crippen LogP contribution in [0.25, 0.3) is 10.2 Å². The van der Waals surface area contributed by atoms with Gasteiger partial charge in [-0.1, -0.05) is 0 Å². The summed E-state index contributed by atoms with van der Waals surface area (Å²) in [5.41, 5.74) is 0.796. The second-order valence-corrected chi connectivity index (χ2v) is 6.34. The first kappa shape index (κ1) is 18.6. The van der Waals surface area contributed by atoms with E-state index >= 15 is 0 Å². The Hall–Kier alpha value is -1.44. The summed E-state index contributed by atoms with van der Waals surface area (Å²) in [4.78, 5) is 30.4. The average molecular weight is 345 g/mol. The molecule has 0 aromatic carbocycles. The van der Waals surface area contributed by atoms with Gasteiger partial charge in [0.1, 0.15) is 11.4 Å². The molecule has 1 amide bonds. The van der Waals surface area contributed by atoms with Gasteiger partial charge in [0.2, 0.25) is 5.91 Å². The zero-order chi connectivity index (χ0) is 15.6. The molecule has 0 bridgehead atoms. The molecule has 122 valence electrons. The van der Waals surface area contributed by atoms with Crippen molar-refractivity contribution in [1.82, 2.24) is 20.2 Å². The van der Waals surface area contributed by atoms with Crippen molar-refractivity contribution >= 4 is 39.9 Å². The van der Waals surface area contributed by atoms with Crippen LogP contribution in [0.4, 0.5) is 0 Å². The molecule has 8 heteroatoms. The van der Waals surface area contributed by atoms with Crippen LogP contribution in [-0.2, 0) is 11.3 Å². The summed E-state index contributed by atoms with van der Waals surface area (Å²) in [6, 6.07) is 0.188. The number of nitrogens with one attached hydrogen (secondary N) is 2. The lowest BCUT2D eigenvalue weighted by atomic mass is 10.2. The van der Waals surface area contributed by atoms with Crippen LogP contribution in [0, 0.1) is 13.8 Å². The van der Waals surface area contributed by atoms with Crippen LogP contribution in [0.3, 0.4) is 0 Å². The third kappa shape index (κ3) is 3.85. The number of aryl methyl sites for hydroxylation is 2. The lowest BCUT2D eigenvalue weighted by Gasteiger charge is -2.12. The van der Waals surface area contributed by atoms with E-state index in [0.29, 0.717) is 11.9 Å². The molecule has 0 aliphatic rings. The number of halogens is 1. The summed E-state index contributed by atoms with van der Waals surface area (Å²) < 4.78 is 1.36. The van der Waals surface area contributed by atoms with E-state index in [1.54, 1.807) is 0 Å². The van der Waals surface area contributed by atoms with Crippen molar-refractivity contribution in [2.45, 2.75) is 33.4 Å². The summed E-state index contributed by atoms with van der Waals surface area (Å²) in [5, 5.41) is 6.45. The molecule has 2 N–H and O–H groups in total. The van der Waals surface area contributed by atoms with Gasteiger partial charge in [0.15, 0.2) is 0 Å². The Morgan fingerprint density at radius 2 is 2.14 bits per heavy atom. The third-order valence-electron chi connectivity index (χ3n) is 3.57. The van der Waals surface area contributed by atoms with E-state index in [1.165, 1.54) is 22.2 Å². The van der Waals surface area contributed by atoms with E-state index in [2.05, 4.69) is 15.6 Å². The third-order valence-corrected chi connectivity index (χ3v) is 4.68. The van der Waals surface area contributed by atoms with Crippen molar-refractivity contribution in [2.24, 2.45) is 0 Å². The molecular formula is C14H21ClN4O2S. The van der Waals surface area contributed by atoms with Gasteiger partial charge in [-0.2, -0.15) is 0 Å². The van der Waals surface area contributed by atoms with Crippen molar-refractivity contribution in [1.29, 1.82) is 0 Å². The molecule has 1 unspecified atom stereocenters. The first-order valence-corrected chi connectivity index (χ1v) is 7.64. The summed E-state index contributed by atoms with van der Waals surface area (Å²) >= 11 is 1.50. The number of nitrogens with zero attached hydrogens (tertiary/aromatic N) is 2. The van der Waals surface area contributed by atoms with Crippen molar-refractivity contribution in [3.8, 4) is 0 Å². The fourth-order valence-electron chi connectivity index (χ4n) is 1.96. The zero-order valence-electron chi connectivity index (χ0n) is 13.1.